The second kappa shape index (κ2) is 17.9. The highest BCUT2D eigenvalue weighted by Crippen LogP contribution is 2.37. The fourth-order valence-electron chi connectivity index (χ4n) is 3.97. The summed E-state index contributed by atoms with van der Waals surface area (Å²) in [4.78, 5) is 43.8. The number of thiazole rings is 1. The normalized spacial score (nSPS) is 13.1. The van der Waals surface area contributed by atoms with Crippen molar-refractivity contribution >= 4 is 64.2 Å². The predicted octanol–water partition coefficient (Wildman–Crippen LogP) is 8.48. The molecule has 0 radical (unpaired) electrons. The molecule has 0 bridgehead atoms. The molecule has 2 aromatic carbocycles. The van der Waals surface area contributed by atoms with Crippen molar-refractivity contribution in [1.29, 1.82) is 0 Å². The second-order valence-corrected chi connectivity index (χ2v) is 11.7. The number of hydrogen-bond donors (Lipinski definition) is 5. The summed E-state index contributed by atoms with van der Waals surface area (Å²) in [5.74, 6) is -4.55. The van der Waals surface area contributed by atoms with Crippen LogP contribution in [0.5, 0.6) is 11.5 Å². The number of ether oxygens (including phenoxy) is 1. The number of halogens is 10. The molecule has 1 atom stereocenters. The van der Waals surface area contributed by atoms with Crippen molar-refractivity contribution in [2.75, 3.05) is 17.2 Å². The minimum absolute atomic E-state index is 0.00440. The van der Waals surface area contributed by atoms with E-state index in [0.717, 1.165) is 17.1 Å². The molecule has 5 N–H and O–H groups in total. The summed E-state index contributed by atoms with van der Waals surface area (Å²) in [5, 5.41) is 26.5. The van der Waals surface area contributed by atoms with Gasteiger partial charge in [0.15, 0.2) is 0 Å². The quantitative estimate of drug-likeness (QED) is 0.113. The molecule has 5 rings (SSSR count). The molecule has 1 aliphatic rings. The number of carboxylic acid groups (broad SMARTS) is 2. The minimum Gasteiger partial charge on any atom is -0.475 e. The van der Waals surface area contributed by atoms with E-state index >= 15 is 0 Å². The van der Waals surface area contributed by atoms with Gasteiger partial charge in [-0.2, -0.15) is 39.5 Å². The first-order valence-electron chi connectivity index (χ1n) is 14.6. The Morgan fingerprint density at radius 2 is 1.59 bits per heavy atom. The third kappa shape index (κ3) is 12.8. The Balaban J connectivity index is 0.000000476. The van der Waals surface area contributed by atoms with E-state index in [0.29, 0.717) is 41.4 Å². The van der Waals surface area contributed by atoms with Crippen LogP contribution in [0.4, 0.5) is 56.8 Å². The number of alkyl halides is 9. The largest absolute Gasteiger partial charge is 0.490 e. The van der Waals surface area contributed by atoms with Gasteiger partial charge in [0, 0.05) is 29.4 Å². The van der Waals surface area contributed by atoms with Crippen LogP contribution in [0.25, 0.3) is 6.08 Å². The first kappa shape index (κ1) is 42.8. The predicted molar refractivity (Wildman–Crippen MR) is 175 cm³/mol. The summed E-state index contributed by atoms with van der Waals surface area (Å²) in [6.45, 7) is 2.38. The zero-order chi connectivity index (χ0) is 40.4. The monoisotopic (exact) mass is 814 g/mol. The van der Waals surface area contributed by atoms with Crippen LogP contribution >= 0.6 is 22.9 Å². The van der Waals surface area contributed by atoms with Gasteiger partial charge in [-0.3, -0.25) is 4.79 Å². The molecule has 1 aliphatic heterocycles. The molecule has 2 aromatic heterocycles. The fourth-order valence-corrected chi connectivity index (χ4v) is 4.84. The number of anilines is 3. The van der Waals surface area contributed by atoms with Crippen LogP contribution in [0.15, 0.2) is 65.9 Å². The van der Waals surface area contributed by atoms with Gasteiger partial charge in [-0.1, -0.05) is 17.7 Å². The van der Waals surface area contributed by atoms with E-state index in [9.17, 15) is 44.3 Å². The number of aromatic nitrogens is 3. The number of carbonyl (C=O) groups is 3. The van der Waals surface area contributed by atoms with E-state index in [2.05, 4.69) is 30.9 Å². The molecule has 0 saturated heterocycles. The van der Waals surface area contributed by atoms with Crippen molar-refractivity contribution in [1.82, 2.24) is 20.3 Å². The zero-order valence-electron chi connectivity index (χ0n) is 26.9. The number of benzene rings is 2. The number of nitrogens with one attached hydrogen (secondary N) is 3. The smallest absolute Gasteiger partial charge is 0.475 e. The number of nitrogens with zero attached hydrogens (tertiary/aromatic N) is 3. The van der Waals surface area contributed by atoms with Crippen molar-refractivity contribution in [3.8, 4) is 11.5 Å². The molecule has 290 valence electrons. The Kier molecular flexibility index (Phi) is 14.2. The highest BCUT2D eigenvalue weighted by Gasteiger charge is 2.39. The number of hydrogen-bond acceptors (Lipinski definition) is 10. The van der Waals surface area contributed by atoms with Crippen LogP contribution in [0.2, 0.25) is 5.02 Å². The van der Waals surface area contributed by atoms with Crippen LogP contribution in [0.3, 0.4) is 0 Å². The van der Waals surface area contributed by atoms with Gasteiger partial charge in [0.2, 0.25) is 5.91 Å². The Labute approximate surface area is 306 Å². The number of aliphatic carboxylic acids is 2. The number of fused-ring (bicyclic) bond motifs is 1. The topological polar surface area (TPSA) is 176 Å². The zero-order valence-corrected chi connectivity index (χ0v) is 28.5. The van der Waals surface area contributed by atoms with E-state index < -0.39 is 36.0 Å². The van der Waals surface area contributed by atoms with Crippen LogP contribution in [0, 0.1) is 0 Å². The number of amides is 1. The highest BCUT2D eigenvalue weighted by molar-refractivity contribution is 7.09. The summed E-state index contributed by atoms with van der Waals surface area (Å²) < 4.78 is 108. The first-order chi connectivity index (χ1) is 25.1. The second-order valence-electron chi connectivity index (χ2n) is 10.4. The highest BCUT2D eigenvalue weighted by atomic mass is 35.5. The minimum atomic E-state index is -5.08. The molecule has 0 spiro atoms. The maximum Gasteiger partial charge on any atom is 0.490 e. The van der Waals surface area contributed by atoms with E-state index in [4.69, 9.17) is 36.1 Å². The maximum absolute atomic E-state index is 13.1. The Bertz CT molecular complexity index is 1950. The molecular weight excluding hydrogens is 791 g/mol. The summed E-state index contributed by atoms with van der Waals surface area (Å²) in [7, 11) is 0. The lowest BCUT2D eigenvalue weighted by molar-refractivity contribution is -0.193. The molecule has 4 aromatic rings. The molecule has 0 saturated carbocycles. The van der Waals surface area contributed by atoms with Gasteiger partial charge in [0.25, 0.3) is 0 Å². The Hall–Kier alpha value is -5.64. The summed E-state index contributed by atoms with van der Waals surface area (Å²) in [6, 6.07) is 9.06. The van der Waals surface area contributed by atoms with Gasteiger partial charge >= 0.3 is 30.5 Å². The molecule has 54 heavy (non-hydrogen) atoms. The number of rotatable bonds is 7. The Morgan fingerprint density at radius 3 is 2.15 bits per heavy atom. The first-order valence-corrected chi connectivity index (χ1v) is 15.8. The lowest BCUT2D eigenvalue weighted by atomic mass is 10.1. The molecule has 12 nitrogen and oxygen atoms in total. The van der Waals surface area contributed by atoms with E-state index in [1.165, 1.54) is 35.9 Å². The molecule has 0 aliphatic carbocycles. The van der Waals surface area contributed by atoms with Crippen LogP contribution in [-0.2, 0) is 20.6 Å². The van der Waals surface area contributed by atoms with Crippen molar-refractivity contribution in [2.24, 2.45) is 0 Å². The fraction of sp³-hybridized carbons (Fsp3) is 0.226. The van der Waals surface area contributed by atoms with Crippen LogP contribution < -0.4 is 20.7 Å². The lowest BCUT2D eigenvalue weighted by Crippen LogP contribution is -2.28. The van der Waals surface area contributed by atoms with Gasteiger partial charge in [-0.15, -0.1) is 11.3 Å². The average Bonchev–Trinajstić information content (AvgIpc) is 3.52. The third-order valence-electron chi connectivity index (χ3n) is 6.42. The lowest BCUT2D eigenvalue weighted by Gasteiger charge is -2.14. The Morgan fingerprint density at radius 1 is 0.944 bits per heavy atom. The van der Waals surface area contributed by atoms with Gasteiger partial charge < -0.3 is 30.9 Å². The molecular formula is C31H24ClF9N6O6S. The van der Waals surface area contributed by atoms with E-state index in [1.54, 1.807) is 24.4 Å². The van der Waals surface area contributed by atoms with Crippen LogP contribution in [0.1, 0.15) is 35.5 Å². The average molecular weight is 815 g/mol. The number of carboxylic acids is 2. The summed E-state index contributed by atoms with van der Waals surface area (Å²) in [5.41, 5.74) is 0.863. The van der Waals surface area contributed by atoms with E-state index in [1.807, 2.05) is 12.3 Å². The standard InChI is InChI=1S/C27H22ClF3N6O2S.2C2HF3O2/c1-15(26-33-9-10-40-26)36-25(38)16-7-8-32-23-20(11-16)24(35-14-34-23)37-18-5-6-22(21(28)13-18)39-19-4-2-3-17(12-19)27(29,30)31;2*3-2(4,5)1(6)7/h2-6,9-15H,7-8H2,1H3,(H,36,38)(H2,32,34,35,37);2*(H,6,7). The van der Waals surface area contributed by atoms with Gasteiger partial charge in [-0.25, -0.2) is 24.5 Å². The SMILES string of the molecule is CC(NC(=O)C1=Cc2c(ncnc2Nc2ccc(Oc3cccc(C(F)(F)F)c3)c(Cl)c2)NCC1)c1nccs1.O=C(O)C(F)(F)F.O=C(O)C(F)(F)F. The molecule has 1 unspecified atom stereocenters. The third-order valence-corrected chi connectivity index (χ3v) is 7.67. The molecule has 3 heterocycles. The number of carbonyl (C=O) groups excluding carboxylic acids is 1. The van der Waals surface area contributed by atoms with E-state index in [-0.39, 0.29) is 28.5 Å². The van der Waals surface area contributed by atoms with Gasteiger partial charge in [0.05, 0.1) is 22.2 Å². The van der Waals surface area contributed by atoms with Crippen molar-refractivity contribution < 1.29 is 68.8 Å². The molecule has 23 heteroatoms. The maximum atomic E-state index is 13.1. The van der Waals surface area contributed by atoms with Gasteiger partial charge in [0.1, 0.15) is 34.5 Å². The van der Waals surface area contributed by atoms with Crippen molar-refractivity contribution in [2.45, 2.75) is 37.9 Å². The molecule has 0 fully saturated rings. The summed E-state index contributed by atoms with van der Waals surface area (Å²) in [6.07, 6.45) is -9.35. The summed E-state index contributed by atoms with van der Waals surface area (Å²) >= 11 is 7.87. The van der Waals surface area contributed by atoms with Gasteiger partial charge in [-0.05, 0) is 55.8 Å². The van der Waals surface area contributed by atoms with Crippen LogP contribution in [-0.4, -0.2) is 61.9 Å². The molecule has 1 amide bonds. The van der Waals surface area contributed by atoms with Crippen molar-refractivity contribution in [3.05, 3.63) is 87.1 Å². The van der Waals surface area contributed by atoms with Crippen molar-refractivity contribution in [3.63, 3.8) is 0 Å².